The molecule has 0 N–H and O–H groups in total. The van der Waals surface area contributed by atoms with Crippen molar-refractivity contribution in [2.24, 2.45) is 0 Å². The number of esters is 1. The molecule has 0 aliphatic heterocycles. The maximum Gasteiger partial charge on any atom is 0.573 e. The molecule has 0 atom stereocenters. The Morgan fingerprint density at radius 1 is 1.47 bits per heavy atom. The minimum Gasteiger partial charge on any atom is -0.462 e. The van der Waals surface area contributed by atoms with Gasteiger partial charge in [0.25, 0.3) is 0 Å². The lowest BCUT2D eigenvalue weighted by Crippen LogP contribution is -2.19. The average Bonchev–Trinajstić information content (AvgIpc) is 2.26. The van der Waals surface area contributed by atoms with Crippen molar-refractivity contribution in [3.63, 3.8) is 0 Å². The molecule has 102 valence electrons. The van der Waals surface area contributed by atoms with Gasteiger partial charge in [0.15, 0.2) is 0 Å². The zero-order chi connectivity index (χ0) is 14.6. The monoisotopic (exact) mass is 385 g/mol. The number of hydrogen-bond acceptors (Lipinski definition) is 4. The summed E-state index contributed by atoms with van der Waals surface area (Å²) >= 11 is 1.71. The van der Waals surface area contributed by atoms with Crippen molar-refractivity contribution in [2.75, 3.05) is 6.61 Å². The van der Waals surface area contributed by atoms with Crippen molar-refractivity contribution in [3.8, 4) is 11.8 Å². The van der Waals surface area contributed by atoms with Crippen LogP contribution in [0.2, 0.25) is 0 Å². The van der Waals surface area contributed by atoms with Crippen LogP contribution >= 0.6 is 22.6 Å². The van der Waals surface area contributed by atoms with Crippen LogP contribution in [0, 0.1) is 14.9 Å². The van der Waals surface area contributed by atoms with E-state index < -0.39 is 23.6 Å². The van der Waals surface area contributed by atoms with E-state index in [0.717, 1.165) is 6.07 Å². The summed E-state index contributed by atoms with van der Waals surface area (Å²) in [6.07, 6.45) is -4.94. The molecule has 0 unspecified atom stereocenters. The number of carbonyl (C=O) groups is 1. The minimum atomic E-state index is -4.94. The highest BCUT2D eigenvalue weighted by molar-refractivity contribution is 14.1. The number of benzene rings is 1. The molecule has 0 bridgehead atoms. The van der Waals surface area contributed by atoms with E-state index in [0.29, 0.717) is 3.57 Å². The molecule has 0 fully saturated rings. The lowest BCUT2D eigenvalue weighted by Gasteiger charge is -2.13. The molecule has 1 rings (SSSR count). The standard InChI is InChI=1S/C11H7F3INO3/c1-2-18-10(17)7-3-6(15)4-9(8(7)5-16)19-11(12,13)14/h3-4H,2H2,1H3. The smallest absolute Gasteiger partial charge is 0.462 e. The number of nitrogens with zero attached hydrogens (tertiary/aromatic N) is 1. The second-order valence-electron chi connectivity index (χ2n) is 3.21. The van der Waals surface area contributed by atoms with Gasteiger partial charge in [-0.2, -0.15) is 5.26 Å². The van der Waals surface area contributed by atoms with Crippen LogP contribution in [0.3, 0.4) is 0 Å². The van der Waals surface area contributed by atoms with Crippen LogP contribution in [0.5, 0.6) is 5.75 Å². The Kier molecular flexibility index (Phi) is 4.99. The largest absolute Gasteiger partial charge is 0.573 e. The first-order chi connectivity index (χ1) is 8.78. The molecule has 0 saturated heterocycles. The van der Waals surface area contributed by atoms with Crippen LogP contribution in [0.15, 0.2) is 12.1 Å². The lowest BCUT2D eigenvalue weighted by atomic mass is 10.1. The van der Waals surface area contributed by atoms with E-state index in [4.69, 9.17) is 5.26 Å². The molecular formula is C11H7F3INO3. The molecular weight excluding hydrogens is 378 g/mol. The third-order valence-corrected chi connectivity index (χ3v) is 2.52. The van der Waals surface area contributed by atoms with E-state index in [1.165, 1.54) is 12.1 Å². The Hall–Kier alpha value is -1.50. The number of rotatable bonds is 3. The molecule has 4 nitrogen and oxygen atoms in total. The van der Waals surface area contributed by atoms with Crippen molar-refractivity contribution < 1.29 is 27.4 Å². The fourth-order valence-electron chi connectivity index (χ4n) is 1.27. The van der Waals surface area contributed by atoms with Crippen LogP contribution in [0.1, 0.15) is 22.8 Å². The zero-order valence-electron chi connectivity index (χ0n) is 9.55. The summed E-state index contributed by atoms with van der Waals surface area (Å²) in [6.45, 7) is 1.59. The zero-order valence-corrected chi connectivity index (χ0v) is 11.7. The van der Waals surface area contributed by atoms with Crippen LogP contribution in [0.25, 0.3) is 0 Å². The van der Waals surface area contributed by atoms with Gasteiger partial charge in [-0.3, -0.25) is 0 Å². The maximum absolute atomic E-state index is 12.2. The van der Waals surface area contributed by atoms with Gasteiger partial charge in [0.05, 0.1) is 12.2 Å². The van der Waals surface area contributed by atoms with Crippen molar-refractivity contribution in [3.05, 3.63) is 26.8 Å². The predicted molar refractivity (Wildman–Crippen MR) is 66.5 cm³/mol. The Balaban J connectivity index is 3.34. The normalized spacial score (nSPS) is 10.7. The molecule has 8 heteroatoms. The SMILES string of the molecule is CCOC(=O)c1cc(I)cc(OC(F)(F)F)c1C#N. The summed E-state index contributed by atoms with van der Waals surface area (Å²) in [6, 6.07) is 3.81. The van der Waals surface area contributed by atoms with Crippen LogP contribution < -0.4 is 4.74 Å². The van der Waals surface area contributed by atoms with Gasteiger partial charge in [0, 0.05) is 3.57 Å². The Labute approximate surface area is 120 Å². The quantitative estimate of drug-likeness (QED) is 0.592. The summed E-state index contributed by atoms with van der Waals surface area (Å²) in [5.41, 5.74) is -0.758. The third kappa shape index (κ3) is 4.27. The van der Waals surface area contributed by atoms with Crippen LogP contribution in [0.4, 0.5) is 13.2 Å². The summed E-state index contributed by atoms with van der Waals surface area (Å²) in [7, 11) is 0. The molecule has 0 saturated carbocycles. The highest BCUT2D eigenvalue weighted by Gasteiger charge is 2.33. The highest BCUT2D eigenvalue weighted by atomic mass is 127. The molecule has 0 amide bonds. The number of alkyl halides is 3. The summed E-state index contributed by atoms with van der Waals surface area (Å²) in [4.78, 5) is 11.6. The van der Waals surface area contributed by atoms with Gasteiger partial charge in [0.2, 0.25) is 0 Å². The van der Waals surface area contributed by atoms with E-state index in [1.54, 1.807) is 29.5 Å². The van der Waals surface area contributed by atoms with Gasteiger partial charge in [0.1, 0.15) is 17.4 Å². The first kappa shape index (κ1) is 15.6. The topological polar surface area (TPSA) is 59.3 Å². The lowest BCUT2D eigenvalue weighted by molar-refractivity contribution is -0.274. The summed E-state index contributed by atoms with van der Waals surface area (Å²) in [5, 5.41) is 8.90. The molecule has 1 aromatic rings. The first-order valence-electron chi connectivity index (χ1n) is 4.95. The maximum atomic E-state index is 12.2. The van der Waals surface area contributed by atoms with E-state index in [-0.39, 0.29) is 12.2 Å². The van der Waals surface area contributed by atoms with Gasteiger partial charge < -0.3 is 9.47 Å². The number of ether oxygens (including phenoxy) is 2. The first-order valence-corrected chi connectivity index (χ1v) is 6.03. The molecule has 0 spiro atoms. The predicted octanol–water partition coefficient (Wildman–Crippen LogP) is 3.24. The highest BCUT2D eigenvalue weighted by Crippen LogP contribution is 2.30. The summed E-state index contributed by atoms with van der Waals surface area (Å²) < 4.78 is 45.4. The van der Waals surface area contributed by atoms with Crippen molar-refractivity contribution in [2.45, 2.75) is 13.3 Å². The average molecular weight is 385 g/mol. The van der Waals surface area contributed by atoms with Gasteiger partial charge in [-0.05, 0) is 41.6 Å². The van der Waals surface area contributed by atoms with E-state index >= 15 is 0 Å². The van der Waals surface area contributed by atoms with Crippen LogP contribution in [-0.4, -0.2) is 18.9 Å². The third-order valence-electron chi connectivity index (χ3n) is 1.90. The van der Waals surface area contributed by atoms with Gasteiger partial charge in [-0.25, -0.2) is 4.79 Å². The van der Waals surface area contributed by atoms with E-state index in [2.05, 4.69) is 9.47 Å². The summed E-state index contributed by atoms with van der Waals surface area (Å²) in [5.74, 6) is -1.59. The molecule has 0 aliphatic rings. The molecule has 0 heterocycles. The number of nitriles is 1. The molecule has 0 radical (unpaired) electrons. The molecule has 1 aromatic carbocycles. The second kappa shape index (κ2) is 6.10. The second-order valence-corrected chi connectivity index (χ2v) is 4.45. The number of carbonyl (C=O) groups excluding carboxylic acids is 1. The Bertz CT molecular complexity index is 537. The van der Waals surface area contributed by atoms with Crippen molar-refractivity contribution >= 4 is 28.6 Å². The van der Waals surface area contributed by atoms with Crippen molar-refractivity contribution in [1.82, 2.24) is 0 Å². The molecule has 0 aromatic heterocycles. The van der Waals surface area contributed by atoms with Gasteiger partial charge in [-0.1, -0.05) is 0 Å². The number of hydrogen-bond donors (Lipinski definition) is 0. The van der Waals surface area contributed by atoms with Crippen molar-refractivity contribution in [1.29, 1.82) is 5.26 Å². The van der Waals surface area contributed by atoms with E-state index in [9.17, 15) is 18.0 Å². The molecule has 19 heavy (non-hydrogen) atoms. The Morgan fingerprint density at radius 3 is 2.58 bits per heavy atom. The van der Waals surface area contributed by atoms with Gasteiger partial charge >= 0.3 is 12.3 Å². The van der Waals surface area contributed by atoms with E-state index in [1.807, 2.05) is 0 Å². The van der Waals surface area contributed by atoms with Crippen LogP contribution in [-0.2, 0) is 4.74 Å². The number of halogens is 4. The molecule has 0 aliphatic carbocycles. The minimum absolute atomic E-state index is 0.0463. The fraction of sp³-hybridized carbons (Fsp3) is 0.273. The van der Waals surface area contributed by atoms with Gasteiger partial charge in [-0.15, -0.1) is 13.2 Å². The Morgan fingerprint density at radius 2 is 2.11 bits per heavy atom. The fourth-order valence-corrected chi connectivity index (χ4v) is 1.87.